The average Bonchev–Trinajstić information content (AvgIpc) is 3.35. The van der Waals surface area contributed by atoms with Gasteiger partial charge >= 0.3 is 5.97 Å². The van der Waals surface area contributed by atoms with E-state index in [9.17, 15) is 14.7 Å². The molecule has 2 N–H and O–H groups in total. The molecule has 0 aliphatic rings. The van der Waals surface area contributed by atoms with Crippen molar-refractivity contribution in [2.45, 2.75) is 78.8 Å². The third-order valence-electron chi connectivity index (χ3n) is 5.86. The molecule has 1 unspecified atom stereocenters. The largest absolute Gasteiger partial charge is 0.481 e. The maximum absolute atomic E-state index is 13.0. The Morgan fingerprint density at radius 1 is 1.18 bits per heavy atom. The summed E-state index contributed by atoms with van der Waals surface area (Å²) in [6.45, 7) is 10.5. The number of hydrogen-bond acceptors (Lipinski definition) is 4. The van der Waals surface area contributed by atoms with Gasteiger partial charge in [0.2, 0.25) is 0 Å². The summed E-state index contributed by atoms with van der Waals surface area (Å²) >= 11 is 1.72. The zero-order valence-corrected chi connectivity index (χ0v) is 21.0. The molecule has 0 saturated carbocycles. The molecule has 2 heterocycles. The molecule has 0 spiro atoms. The van der Waals surface area contributed by atoms with E-state index in [0.29, 0.717) is 18.0 Å². The normalized spacial score (nSPS) is 12.9. The van der Waals surface area contributed by atoms with Gasteiger partial charge < -0.3 is 15.0 Å². The Kier molecular flexibility index (Phi) is 7.95. The SMILES string of the molecule is CCC(CC)n1c(Cc2cccs2)nc2cc(C(=O)NC(CC(=O)O)CC(C)(C)C)ccc21. The van der Waals surface area contributed by atoms with Crippen LogP contribution in [0.25, 0.3) is 11.0 Å². The van der Waals surface area contributed by atoms with Gasteiger partial charge in [-0.25, -0.2) is 4.98 Å². The van der Waals surface area contributed by atoms with E-state index in [1.165, 1.54) is 4.88 Å². The summed E-state index contributed by atoms with van der Waals surface area (Å²) in [6.07, 6.45) is 3.26. The fourth-order valence-corrected chi connectivity index (χ4v) is 5.14. The van der Waals surface area contributed by atoms with Crippen molar-refractivity contribution >= 4 is 34.2 Å². The minimum absolute atomic E-state index is 0.0951. The maximum atomic E-state index is 13.0. The number of benzene rings is 1. The first kappa shape index (κ1) is 25.0. The zero-order valence-electron chi connectivity index (χ0n) is 20.2. The standard InChI is InChI=1S/C26H35N3O3S/c1-6-19(7-2)29-22-11-10-17(13-21(22)28-23(29)15-20-9-8-12-33-20)25(32)27-18(14-24(30)31)16-26(3,4)5/h8-13,18-19H,6-7,14-16H2,1-5H3,(H,27,32)(H,30,31). The molecule has 0 fully saturated rings. The van der Waals surface area contributed by atoms with Crippen molar-refractivity contribution in [3.8, 4) is 0 Å². The van der Waals surface area contributed by atoms with E-state index in [2.05, 4.69) is 41.2 Å². The molecule has 0 aliphatic carbocycles. The van der Waals surface area contributed by atoms with Crippen LogP contribution >= 0.6 is 11.3 Å². The van der Waals surface area contributed by atoms with Gasteiger partial charge in [0.1, 0.15) is 5.82 Å². The van der Waals surface area contributed by atoms with Gasteiger partial charge in [-0.2, -0.15) is 0 Å². The smallest absolute Gasteiger partial charge is 0.305 e. The summed E-state index contributed by atoms with van der Waals surface area (Å²) in [5.74, 6) is -0.165. The summed E-state index contributed by atoms with van der Waals surface area (Å²) in [5.41, 5.74) is 2.24. The number of imidazole rings is 1. The van der Waals surface area contributed by atoms with E-state index in [0.717, 1.165) is 36.1 Å². The number of aliphatic carboxylic acids is 1. The molecule has 1 amide bonds. The van der Waals surface area contributed by atoms with Crippen LogP contribution < -0.4 is 5.32 Å². The molecule has 3 rings (SSSR count). The highest BCUT2D eigenvalue weighted by molar-refractivity contribution is 7.09. The maximum Gasteiger partial charge on any atom is 0.305 e. The third kappa shape index (κ3) is 6.44. The van der Waals surface area contributed by atoms with Gasteiger partial charge in [-0.05, 0) is 54.3 Å². The Bertz CT molecular complexity index is 1090. The van der Waals surface area contributed by atoms with Gasteiger partial charge in [-0.15, -0.1) is 11.3 Å². The molecule has 1 atom stereocenters. The predicted octanol–water partition coefficient (Wildman–Crippen LogP) is 6.06. The van der Waals surface area contributed by atoms with Gasteiger partial charge in [0.25, 0.3) is 5.91 Å². The van der Waals surface area contributed by atoms with Crippen LogP contribution in [0, 0.1) is 5.41 Å². The highest BCUT2D eigenvalue weighted by Gasteiger charge is 2.24. The number of fused-ring (bicyclic) bond motifs is 1. The fraction of sp³-hybridized carbons (Fsp3) is 0.500. The topological polar surface area (TPSA) is 84.2 Å². The van der Waals surface area contributed by atoms with Crippen molar-refractivity contribution in [2.75, 3.05) is 0 Å². The minimum atomic E-state index is -0.915. The van der Waals surface area contributed by atoms with Gasteiger partial charge in [0.15, 0.2) is 0 Å². The molecule has 0 aliphatic heterocycles. The molecular formula is C26H35N3O3S. The van der Waals surface area contributed by atoms with Crippen LogP contribution in [0.1, 0.15) is 87.4 Å². The first-order chi connectivity index (χ1) is 15.6. The lowest BCUT2D eigenvalue weighted by Gasteiger charge is -2.25. The van der Waals surface area contributed by atoms with Crippen LogP contribution in [0.15, 0.2) is 35.7 Å². The molecule has 0 radical (unpaired) electrons. The molecule has 2 aromatic heterocycles. The lowest BCUT2D eigenvalue weighted by Crippen LogP contribution is -2.39. The number of nitrogens with zero attached hydrogens (tertiary/aromatic N) is 2. The zero-order chi connectivity index (χ0) is 24.2. The highest BCUT2D eigenvalue weighted by atomic mass is 32.1. The van der Waals surface area contributed by atoms with Gasteiger partial charge in [0, 0.05) is 28.9 Å². The van der Waals surface area contributed by atoms with Crippen LogP contribution in [-0.2, 0) is 11.2 Å². The third-order valence-corrected chi connectivity index (χ3v) is 6.74. The lowest BCUT2D eigenvalue weighted by molar-refractivity contribution is -0.137. The number of nitrogens with one attached hydrogen (secondary N) is 1. The molecule has 3 aromatic rings. The number of carbonyl (C=O) groups excluding carboxylic acids is 1. The van der Waals surface area contributed by atoms with Crippen molar-refractivity contribution in [3.05, 3.63) is 52.0 Å². The van der Waals surface area contributed by atoms with Gasteiger partial charge in [0.05, 0.1) is 17.5 Å². The molecule has 7 heteroatoms. The van der Waals surface area contributed by atoms with Crippen molar-refractivity contribution < 1.29 is 14.7 Å². The number of carbonyl (C=O) groups is 2. The van der Waals surface area contributed by atoms with Crippen LogP contribution in [0.3, 0.4) is 0 Å². The van der Waals surface area contributed by atoms with E-state index < -0.39 is 12.0 Å². The predicted molar refractivity (Wildman–Crippen MR) is 134 cm³/mol. The van der Waals surface area contributed by atoms with Crippen LogP contribution in [0.4, 0.5) is 0 Å². The van der Waals surface area contributed by atoms with Gasteiger partial charge in [-0.3, -0.25) is 9.59 Å². The summed E-state index contributed by atoms with van der Waals surface area (Å²) in [7, 11) is 0. The summed E-state index contributed by atoms with van der Waals surface area (Å²) in [6, 6.07) is 9.72. The van der Waals surface area contributed by atoms with Gasteiger partial charge in [-0.1, -0.05) is 40.7 Å². The minimum Gasteiger partial charge on any atom is -0.481 e. The van der Waals surface area contributed by atoms with Crippen LogP contribution in [0.2, 0.25) is 0 Å². The van der Waals surface area contributed by atoms with E-state index in [1.54, 1.807) is 11.3 Å². The lowest BCUT2D eigenvalue weighted by atomic mass is 9.87. The number of hydrogen-bond donors (Lipinski definition) is 2. The van der Waals surface area contributed by atoms with E-state index in [4.69, 9.17) is 4.98 Å². The quantitative estimate of drug-likeness (QED) is 0.378. The van der Waals surface area contributed by atoms with Crippen molar-refractivity contribution in [1.29, 1.82) is 0 Å². The van der Waals surface area contributed by atoms with E-state index in [1.807, 2.05) is 39.0 Å². The summed E-state index contributed by atoms with van der Waals surface area (Å²) in [5, 5.41) is 14.3. The van der Waals surface area contributed by atoms with E-state index in [-0.39, 0.29) is 17.7 Å². The second kappa shape index (κ2) is 10.5. The molecule has 0 bridgehead atoms. The highest BCUT2D eigenvalue weighted by Crippen LogP contribution is 2.29. The molecule has 0 saturated heterocycles. The first-order valence-corrected chi connectivity index (χ1v) is 12.5. The van der Waals surface area contributed by atoms with Crippen LogP contribution in [0.5, 0.6) is 0 Å². The fourth-order valence-electron chi connectivity index (χ4n) is 4.44. The Hall–Kier alpha value is -2.67. The monoisotopic (exact) mass is 469 g/mol. The van der Waals surface area contributed by atoms with Crippen molar-refractivity contribution in [3.63, 3.8) is 0 Å². The average molecular weight is 470 g/mol. The molecule has 178 valence electrons. The number of carboxylic acid groups (broad SMARTS) is 1. The molecule has 1 aromatic carbocycles. The van der Waals surface area contributed by atoms with Crippen LogP contribution in [-0.4, -0.2) is 32.6 Å². The second-order valence-corrected chi connectivity index (χ2v) is 10.9. The number of rotatable bonds is 10. The van der Waals surface area contributed by atoms with E-state index >= 15 is 0 Å². The molecule has 6 nitrogen and oxygen atoms in total. The Morgan fingerprint density at radius 2 is 1.91 bits per heavy atom. The Balaban J connectivity index is 1.93. The van der Waals surface area contributed by atoms with Crippen molar-refractivity contribution in [1.82, 2.24) is 14.9 Å². The number of carboxylic acids is 1. The molecular weight excluding hydrogens is 434 g/mol. The number of amides is 1. The summed E-state index contributed by atoms with van der Waals surface area (Å²) in [4.78, 5) is 30.5. The summed E-state index contributed by atoms with van der Waals surface area (Å²) < 4.78 is 2.32. The van der Waals surface area contributed by atoms with Crippen molar-refractivity contribution in [2.24, 2.45) is 5.41 Å². The number of thiophene rings is 1. The Morgan fingerprint density at radius 3 is 2.48 bits per heavy atom. The number of aromatic nitrogens is 2. The second-order valence-electron chi connectivity index (χ2n) is 9.86. The first-order valence-electron chi connectivity index (χ1n) is 11.7. The Labute approximate surface area is 200 Å². The molecule has 33 heavy (non-hydrogen) atoms.